The molecule has 29 heavy (non-hydrogen) atoms. The van der Waals surface area contributed by atoms with Crippen molar-refractivity contribution in [2.24, 2.45) is 0 Å². The van der Waals surface area contributed by atoms with Crippen LogP contribution in [0.3, 0.4) is 0 Å². The third-order valence-corrected chi connectivity index (χ3v) is 7.15. The Morgan fingerprint density at radius 1 is 1.21 bits per heavy atom. The topological polar surface area (TPSA) is 60.3 Å². The number of halogens is 1. The van der Waals surface area contributed by atoms with Gasteiger partial charge in [-0.3, -0.25) is 0 Å². The number of benzene rings is 2. The molecule has 1 heterocycles. The zero-order valence-electron chi connectivity index (χ0n) is 16.6. The third-order valence-electron chi connectivity index (χ3n) is 5.50. The van der Waals surface area contributed by atoms with E-state index in [4.69, 9.17) is 4.74 Å². The van der Waals surface area contributed by atoms with Gasteiger partial charge in [0, 0.05) is 23.9 Å². The molecule has 0 saturated heterocycles. The van der Waals surface area contributed by atoms with Crippen molar-refractivity contribution in [1.29, 1.82) is 0 Å². The van der Waals surface area contributed by atoms with Crippen LogP contribution in [0.4, 0.5) is 4.39 Å². The van der Waals surface area contributed by atoms with Crippen LogP contribution in [0.5, 0.6) is 5.75 Å². The van der Waals surface area contributed by atoms with E-state index < -0.39 is 15.8 Å². The SMILES string of the molecule is CNC1CCc2c1cn(S(=O)(=O)c1cccc(OC)c1)c2-c1ccc(C)cc1F. The maximum absolute atomic E-state index is 14.9. The summed E-state index contributed by atoms with van der Waals surface area (Å²) in [6.07, 6.45) is 3.17. The Morgan fingerprint density at radius 3 is 2.69 bits per heavy atom. The Hall–Kier alpha value is -2.64. The Kier molecular flexibility index (Phi) is 4.96. The maximum Gasteiger partial charge on any atom is 0.268 e. The van der Waals surface area contributed by atoms with Crippen molar-refractivity contribution in [3.05, 3.63) is 71.2 Å². The molecule has 1 unspecified atom stereocenters. The molecule has 1 aliphatic rings. The van der Waals surface area contributed by atoms with Gasteiger partial charge in [0.1, 0.15) is 11.6 Å². The van der Waals surface area contributed by atoms with Crippen molar-refractivity contribution in [2.75, 3.05) is 14.2 Å². The van der Waals surface area contributed by atoms with Crippen LogP contribution < -0.4 is 10.1 Å². The first-order valence-electron chi connectivity index (χ1n) is 9.44. The highest BCUT2D eigenvalue weighted by Gasteiger charge is 2.33. The second-order valence-electron chi connectivity index (χ2n) is 7.25. The zero-order chi connectivity index (χ0) is 20.8. The van der Waals surface area contributed by atoms with Crippen molar-refractivity contribution >= 4 is 10.0 Å². The van der Waals surface area contributed by atoms with Crippen molar-refractivity contribution in [1.82, 2.24) is 9.29 Å². The van der Waals surface area contributed by atoms with Crippen LogP contribution in [0, 0.1) is 12.7 Å². The standard InChI is InChI=1S/C22H23FN2O3S/c1-14-7-8-18(20(23)11-14)22-17-9-10-21(24-2)19(17)13-25(22)29(26,27)16-6-4-5-15(12-16)28-3/h4-8,11-13,21,24H,9-10H2,1-3H3. The highest BCUT2D eigenvalue weighted by molar-refractivity contribution is 7.90. The molecule has 0 bridgehead atoms. The van der Waals surface area contributed by atoms with Crippen LogP contribution in [-0.2, 0) is 16.4 Å². The summed E-state index contributed by atoms with van der Waals surface area (Å²) < 4.78 is 48.4. The summed E-state index contributed by atoms with van der Waals surface area (Å²) >= 11 is 0. The molecule has 1 aromatic heterocycles. The molecule has 5 nitrogen and oxygen atoms in total. The number of nitrogens with one attached hydrogen (secondary N) is 1. The number of fused-ring (bicyclic) bond motifs is 1. The number of nitrogens with zero attached hydrogens (tertiary/aromatic N) is 1. The Morgan fingerprint density at radius 2 is 2.00 bits per heavy atom. The Bertz CT molecular complexity index is 1180. The molecule has 1 atom stereocenters. The molecule has 0 saturated carbocycles. The Balaban J connectivity index is 1.98. The number of hydrogen-bond donors (Lipinski definition) is 1. The number of ether oxygens (including phenoxy) is 1. The normalized spacial score (nSPS) is 16.1. The van der Waals surface area contributed by atoms with Crippen molar-refractivity contribution in [3.63, 3.8) is 0 Å². The van der Waals surface area contributed by atoms with E-state index in [1.54, 1.807) is 37.4 Å². The molecule has 0 amide bonds. The van der Waals surface area contributed by atoms with Crippen molar-refractivity contribution in [3.8, 4) is 17.0 Å². The van der Waals surface area contributed by atoms with Gasteiger partial charge in [-0.1, -0.05) is 12.1 Å². The van der Waals surface area contributed by atoms with Gasteiger partial charge in [0.2, 0.25) is 0 Å². The van der Waals surface area contributed by atoms with E-state index in [1.807, 2.05) is 7.05 Å². The number of methoxy groups -OCH3 is 1. The second kappa shape index (κ2) is 7.31. The lowest BCUT2D eigenvalue weighted by Gasteiger charge is -2.14. The molecule has 0 radical (unpaired) electrons. The van der Waals surface area contributed by atoms with Gasteiger partial charge >= 0.3 is 0 Å². The van der Waals surface area contributed by atoms with Gasteiger partial charge in [-0.25, -0.2) is 16.8 Å². The highest BCUT2D eigenvalue weighted by atomic mass is 32.2. The van der Waals surface area contributed by atoms with Gasteiger partial charge in [-0.05, 0) is 67.8 Å². The van der Waals surface area contributed by atoms with Gasteiger partial charge in [-0.15, -0.1) is 0 Å². The summed E-state index contributed by atoms with van der Waals surface area (Å²) in [7, 11) is -0.611. The van der Waals surface area contributed by atoms with Gasteiger partial charge in [0.15, 0.2) is 0 Å². The van der Waals surface area contributed by atoms with Crippen LogP contribution in [0.15, 0.2) is 53.6 Å². The predicted octanol–water partition coefficient (Wildman–Crippen LogP) is 4.05. The van der Waals surface area contributed by atoms with Crippen LogP contribution >= 0.6 is 0 Å². The van der Waals surface area contributed by atoms with E-state index in [1.165, 1.54) is 29.3 Å². The highest BCUT2D eigenvalue weighted by Crippen LogP contribution is 2.42. The fourth-order valence-electron chi connectivity index (χ4n) is 4.00. The minimum absolute atomic E-state index is 0.0408. The average molecular weight is 415 g/mol. The number of aryl methyl sites for hydroxylation is 1. The number of rotatable bonds is 5. The predicted molar refractivity (Wildman–Crippen MR) is 110 cm³/mol. The fraction of sp³-hybridized carbons (Fsp3) is 0.273. The molecule has 4 rings (SSSR count). The second-order valence-corrected chi connectivity index (χ2v) is 9.07. The minimum atomic E-state index is -3.94. The molecule has 0 spiro atoms. The molecule has 0 aliphatic heterocycles. The first-order valence-corrected chi connectivity index (χ1v) is 10.9. The minimum Gasteiger partial charge on any atom is -0.497 e. The summed E-state index contributed by atoms with van der Waals surface area (Å²) in [5.74, 6) is 0.0165. The molecule has 1 N–H and O–H groups in total. The van der Waals surface area contributed by atoms with Gasteiger partial charge in [0.05, 0.1) is 17.7 Å². The molecular formula is C22H23FN2O3S. The van der Waals surface area contributed by atoms with Crippen molar-refractivity contribution in [2.45, 2.75) is 30.7 Å². The molecule has 2 aromatic carbocycles. The van der Waals surface area contributed by atoms with Gasteiger partial charge < -0.3 is 10.1 Å². The molecule has 1 aliphatic carbocycles. The monoisotopic (exact) mass is 414 g/mol. The van der Waals surface area contributed by atoms with E-state index in [-0.39, 0.29) is 10.9 Å². The summed E-state index contributed by atoms with van der Waals surface area (Å²) in [6, 6.07) is 11.2. The molecular weight excluding hydrogens is 391 g/mol. The molecule has 7 heteroatoms. The number of aromatic nitrogens is 1. The average Bonchev–Trinajstić information content (AvgIpc) is 3.28. The largest absolute Gasteiger partial charge is 0.497 e. The first-order chi connectivity index (χ1) is 13.9. The lowest BCUT2D eigenvalue weighted by atomic mass is 10.0. The summed E-state index contributed by atoms with van der Waals surface area (Å²) in [5, 5.41) is 3.22. The summed E-state index contributed by atoms with van der Waals surface area (Å²) in [4.78, 5) is 0.0975. The summed E-state index contributed by atoms with van der Waals surface area (Å²) in [5.41, 5.74) is 3.25. The lowest BCUT2D eigenvalue weighted by Crippen LogP contribution is -2.16. The number of hydrogen-bond acceptors (Lipinski definition) is 4. The van der Waals surface area contributed by atoms with E-state index >= 15 is 0 Å². The van der Waals surface area contributed by atoms with E-state index in [2.05, 4.69) is 5.32 Å². The van der Waals surface area contributed by atoms with Crippen LogP contribution in [0.25, 0.3) is 11.3 Å². The van der Waals surface area contributed by atoms with Gasteiger partial charge in [-0.2, -0.15) is 0 Å². The van der Waals surface area contributed by atoms with E-state index in [0.29, 0.717) is 23.4 Å². The quantitative estimate of drug-likeness (QED) is 0.684. The van der Waals surface area contributed by atoms with Crippen LogP contribution in [0.2, 0.25) is 0 Å². The Labute approximate surface area is 170 Å². The van der Waals surface area contributed by atoms with Crippen LogP contribution in [-0.4, -0.2) is 26.5 Å². The zero-order valence-corrected chi connectivity index (χ0v) is 17.4. The maximum atomic E-state index is 14.9. The van der Waals surface area contributed by atoms with Crippen LogP contribution in [0.1, 0.15) is 29.2 Å². The third kappa shape index (κ3) is 3.24. The fourth-order valence-corrected chi connectivity index (χ4v) is 5.45. The lowest BCUT2D eigenvalue weighted by molar-refractivity contribution is 0.413. The smallest absolute Gasteiger partial charge is 0.268 e. The van der Waals surface area contributed by atoms with Gasteiger partial charge in [0.25, 0.3) is 10.0 Å². The summed E-state index contributed by atoms with van der Waals surface area (Å²) in [6.45, 7) is 1.81. The first kappa shape index (κ1) is 19.7. The van der Waals surface area contributed by atoms with E-state index in [9.17, 15) is 12.8 Å². The molecule has 152 valence electrons. The molecule has 0 fully saturated rings. The molecule has 3 aromatic rings. The van der Waals surface area contributed by atoms with Crippen molar-refractivity contribution < 1.29 is 17.5 Å². The van der Waals surface area contributed by atoms with E-state index in [0.717, 1.165) is 23.1 Å².